The smallest absolute Gasteiger partial charge is 0.462 e. The van der Waals surface area contributed by atoms with Crippen molar-refractivity contribution in [2.24, 2.45) is 5.92 Å². The van der Waals surface area contributed by atoms with Gasteiger partial charge in [-0.05, 0) is 50.9 Å². The molecule has 0 fully saturated rings. The van der Waals surface area contributed by atoms with Gasteiger partial charge < -0.3 is 34.4 Å². The summed E-state index contributed by atoms with van der Waals surface area (Å²) < 4.78 is 47.7. The van der Waals surface area contributed by atoms with Gasteiger partial charge >= 0.3 is 27.6 Å². The molecule has 4 atom stereocenters. The van der Waals surface area contributed by atoms with E-state index in [1.807, 2.05) is 12.2 Å². The predicted octanol–water partition coefficient (Wildman–Crippen LogP) is 11.4. The number of aliphatic hydroxyl groups excluding tert-OH is 2. The molecule has 0 spiro atoms. The highest BCUT2D eigenvalue weighted by Gasteiger charge is 2.28. The van der Waals surface area contributed by atoms with Crippen LogP contribution in [-0.4, -0.2) is 81.6 Å². The number of hydrogen-bond donors (Lipinski definition) is 5. The standard InChI is InChI=1S/C47H86O14P2/c1-4-5-6-7-8-9-10-14-18-21-24-27-30-34-43(48)35-32-37-47(51)61-45(41-60-63(55,56)59-39-44(49)38-58-62(52,53)54)40-57-46(50)36-31-28-25-22-19-16-13-11-12-15-17-20-23-26-29-33-42(2)3/h8-9,14,18,24,27,30,34,42-45,48-49H,4-7,10-13,15-17,19-23,25-26,28-29,31-33,35-41H2,1-3H3,(H,55,56)(H2,52,53,54)/b9-8-,18-14-,27-24-,34-30+/t43-,44-,45+/m0/s1. The van der Waals surface area contributed by atoms with Gasteiger partial charge in [0.2, 0.25) is 0 Å². The number of carbonyl (C=O) groups excluding carboxylic acids is 2. The third-order valence-electron chi connectivity index (χ3n) is 9.99. The van der Waals surface area contributed by atoms with Crippen molar-refractivity contribution in [2.75, 3.05) is 26.4 Å². The van der Waals surface area contributed by atoms with Gasteiger partial charge in [0.25, 0.3) is 0 Å². The summed E-state index contributed by atoms with van der Waals surface area (Å²) in [4.78, 5) is 52.8. The fraction of sp³-hybridized carbons (Fsp3) is 0.787. The van der Waals surface area contributed by atoms with Gasteiger partial charge in [-0.3, -0.25) is 23.2 Å². The van der Waals surface area contributed by atoms with E-state index in [1.54, 1.807) is 12.2 Å². The van der Waals surface area contributed by atoms with Crippen LogP contribution in [0.25, 0.3) is 0 Å². The highest BCUT2D eigenvalue weighted by Crippen LogP contribution is 2.43. The fourth-order valence-electron chi connectivity index (χ4n) is 6.34. The summed E-state index contributed by atoms with van der Waals surface area (Å²) in [5.74, 6) is -0.418. The number of phosphoric ester groups is 2. The summed E-state index contributed by atoms with van der Waals surface area (Å²) in [7, 11) is -9.75. The van der Waals surface area contributed by atoms with Crippen molar-refractivity contribution in [1.29, 1.82) is 0 Å². The number of rotatable bonds is 44. The minimum Gasteiger partial charge on any atom is -0.462 e. The number of esters is 2. The van der Waals surface area contributed by atoms with Crippen LogP contribution in [0.3, 0.4) is 0 Å². The van der Waals surface area contributed by atoms with Crippen molar-refractivity contribution in [3.05, 3.63) is 48.6 Å². The van der Waals surface area contributed by atoms with Gasteiger partial charge in [-0.1, -0.05) is 179 Å². The van der Waals surface area contributed by atoms with Gasteiger partial charge in [0.05, 0.1) is 25.9 Å². The Morgan fingerprint density at radius 1 is 0.556 bits per heavy atom. The average molecular weight is 937 g/mol. The van der Waals surface area contributed by atoms with Crippen LogP contribution in [0.4, 0.5) is 0 Å². The Balaban J connectivity index is 4.62. The zero-order valence-corrected chi connectivity index (χ0v) is 40.7. The van der Waals surface area contributed by atoms with E-state index in [-0.39, 0.29) is 25.7 Å². The molecule has 63 heavy (non-hydrogen) atoms. The summed E-state index contributed by atoms with van der Waals surface area (Å²) >= 11 is 0. The van der Waals surface area contributed by atoms with E-state index >= 15 is 0 Å². The molecule has 0 aliphatic heterocycles. The Kier molecular flexibility index (Phi) is 40.2. The average Bonchev–Trinajstić information content (AvgIpc) is 3.22. The maximum absolute atomic E-state index is 12.7. The van der Waals surface area contributed by atoms with Crippen LogP contribution in [0.5, 0.6) is 0 Å². The molecule has 0 amide bonds. The van der Waals surface area contributed by atoms with Crippen LogP contribution in [0.2, 0.25) is 0 Å². The van der Waals surface area contributed by atoms with Gasteiger partial charge in [-0.25, -0.2) is 9.13 Å². The first-order chi connectivity index (χ1) is 30.1. The van der Waals surface area contributed by atoms with Crippen LogP contribution in [0, 0.1) is 5.92 Å². The van der Waals surface area contributed by atoms with Gasteiger partial charge in [-0.2, -0.15) is 0 Å². The first kappa shape index (κ1) is 61.0. The Bertz CT molecular complexity index is 1330. The number of allylic oxidation sites excluding steroid dienone is 7. The molecule has 0 aromatic carbocycles. The molecule has 0 aliphatic carbocycles. The van der Waals surface area contributed by atoms with E-state index in [4.69, 9.17) is 23.8 Å². The molecule has 5 N–H and O–H groups in total. The number of phosphoric acid groups is 2. The van der Waals surface area contributed by atoms with Crippen molar-refractivity contribution in [3.63, 3.8) is 0 Å². The van der Waals surface area contributed by atoms with E-state index in [2.05, 4.69) is 54.1 Å². The maximum atomic E-state index is 12.7. The van der Waals surface area contributed by atoms with E-state index < -0.39 is 72.3 Å². The number of unbranched alkanes of at least 4 members (excludes halogenated alkanes) is 17. The maximum Gasteiger partial charge on any atom is 0.472 e. The molecule has 0 rings (SSSR count). The highest BCUT2D eigenvalue weighted by molar-refractivity contribution is 7.47. The quantitative estimate of drug-likeness (QED) is 0.0126. The predicted molar refractivity (Wildman–Crippen MR) is 250 cm³/mol. The Morgan fingerprint density at radius 3 is 1.67 bits per heavy atom. The van der Waals surface area contributed by atoms with Crippen molar-refractivity contribution in [3.8, 4) is 0 Å². The number of aliphatic hydroxyl groups is 2. The van der Waals surface area contributed by atoms with Crippen LogP contribution in [0.1, 0.15) is 188 Å². The first-order valence-corrected chi connectivity index (χ1v) is 26.8. The summed E-state index contributed by atoms with van der Waals surface area (Å²) in [6, 6.07) is 0. The first-order valence-electron chi connectivity index (χ1n) is 23.8. The highest BCUT2D eigenvalue weighted by atomic mass is 31.2. The zero-order valence-electron chi connectivity index (χ0n) is 38.9. The molecule has 0 heterocycles. The van der Waals surface area contributed by atoms with Crippen LogP contribution >= 0.6 is 15.6 Å². The van der Waals surface area contributed by atoms with Crippen molar-refractivity contribution in [1.82, 2.24) is 0 Å². The molecule has 0 saturated carbocycles. The van der Waals surface area contributed by atoms with E-state index in [1.165, 1.54) is 96.3 Å². The van der Waals surface area contributed by atoms with Crippen molar-refractivity contribution < 1.29 is 66.7 Å². The third kappa shape index (κ3) is 46.4. The van der Waals surface area contributed by atoms with Gasteiger partial charge in [0.15, 0.2) is 6.10 Å². The molecular formula is C47H86O14P2. The molecule has 1 unspecified atom stereocenters. The van der Waals surface area contributed by atoms with Gasteiger partial charge in [0.1, 0.15) is 12.7 Å². The monoisotopic (exact) mass is 937 g/mol. The fourth-order valence-corrected chi connectivity index (χ4v) is 7.50. The Labute approximate surface area is 380 Å². The lowest BCUT2D eigenvalue weighted by atomic mass is 10.0. The number of ether oxygens (including phenoxy) is 2. The minimum absolute atomic E-state index is 0.0964. The van der Waals surface area contributed by atoms with Crippen LogP contribution in [-0.2, 0) is 41.8 Å². The largest absolute Gasteiger partial charge is 0.472 e. The molecule has 14 nitrogen and oxygen atoms in total. The SMILES string of the molecule is CCCCC/C=C\C/C=C\C/C=C\C=C\[C@H](O)CCCC(=O)O[C@H](COC(=O)CCCCCCCCCCCCCCCCCC(C)C)COP(=O)(O)OC[C@@H](O)COP(=O)(O)O. The molecule has 368 valence electrons. The normalized spacial score (nSPS) is 14.9. The summed E-state index contributed by atoms with van der Waals surface area (Å²) in [5, 5.41) is 20.1. The van der Waals surface area contributed by atoms with Crippen molar-refractivity contribution >= 4 is 27.6 Å². The number of hydrogen-bond acceptors (Lipinski definition) is 11. The molecule has 0 aromatic rings. The van der Waals surface area contributed by atoms with Crippen LogP contribution < -0.4 is 0 Å². The third-order valence-corrected chi connectivity index (χ3v) is 11.4. The second-order valence-corrected chi connectivity index (χ2v) is 19.4. The second-order valence-electron chi connectivity index (χ2n) is 16.7. The number of carbonyl (C=O) groups is 2. The summed E-state index contributed by atoms with van der Waals surface area (Å²) in [6.07, 6.45) is 38.5. The van der Waals surface area contributed by atoms with Crippen LogP contribution in [0.15, 0.2) is 48.6 Å². The van der Waals surface area contributed by atoms with Crippen molar-refractivity contribution in [2.45, 2.75) is 206 Å². The minimum atomic E-state index is -4.89. The summed E-state index contributed by atoms with van der Waals surface area (Å²) in [5.41, 5.74) is 0. The Morgan fingerprint density at radius 2 is 1.08 bits per heavy atom. The molecular weight excluding hydrogens is 850 g/mol. The van der Waals surface area contributed by atoms with E-state index in [0.717, 1.165) is 44.4 Å². The lowest BCUT2D eigenvalue weighted by molar-refractivity contribution is -0.161. The zero-order chi connectivity index (χ0) is 46.9. The topological polar surface area (TPSA) is 216 Å². The molecule has 0 aromatic heterocycles. The molecule has 16 heteroatoms. The molecule has 0 bridgehead atoms. The second kappa shape index (κ2) is 41.5. The van der Waals surface area contributed by atoms with Gasteiger partial charge in [-0.15, -0.1) is 0 Å². The van der Waals surface area contributed by atoms with Gasteiger partial charge in [0, 0.05) is 12.8 Å². The molecule has 0 saturated heterocycles. The Hall–Kier alpha value is -1.96. The molecule has 0 aliphatic rings. The summed E-state index contributed by atoms with van der Waals surface area (Å²) in [6.45, 7) is 3.86. The lowest BCUT2D eigenvalue weighted by Crippen LogP contribution is -2.30. The van der Waals surface area contributed by atoms with E-state index in [9.17, 15) is 33.8 Å². The lowest BCUT2D eigenvalue weighted by Gasteiger charge is -2.20. The molecule has 0 radical (unpaired) electrons. The van der Waals surface area contributed by atoms with E-state index in [0.29, 0.717) is 6.42 Å².